The van der Waals surface area contributed by atoms with Gasteiger partial charge >= 0.3 is 0 Å². The molecule has 1 atom stereocenters. The van der Waals surface area contributed by atoms with Crippen molar-refractivity contribution in [2.24, 2.45) is 0 Å². The number of piperazine rings is 1. The first kappa shape index (κ1) is 26.0. The molecule has 1 fully saturated rings. The van der Waals surface area contributed by atoms with Crippen molar-refractivity contribution in [2.45, 2.75) is 32.4 Å². The number of hydrogen-bond acceptors (Lipinski definition) is 6. The van der Waals surface area contributed by atoms with Gasteiger partial charge in [-0.05, 0) is 51.1 Å². The molecule has 9 nitrogen and oxygen atoms in total. The van der Waals surface area contributed by atoms with Gasteiger partial charge in [0.1, 0.15) is 17.3 Å². The molecule has 0 aliphatic carbocycles. The maximum Gasteiger partial charge on any atom is 0.255 e. The van der Waals surface area contributed by atoms with E-state index in [0.717, 1.165) is 12.1 Å². The molecule has 0 spiro atoms. The molecule has 11 heteroatoms. The number of halogens is 2. The Hall–Kier alpha value is -4.12. The van der Waals surface area contributed by atoms with E-state index in [1.54, 1.807) is 24.0 Å². The number of benzene rings is 1. The molecule has 1 aliphatic heterocycles. The van der Waals surface area contributed by atoms with Crippen molar-refractivity contribution in [3.8, 4) is 11.5 Å². The Morgan fingerprint density at radius 3 is 2.46 bits per heavy atom. The topological polar surface area (TPSA) is 108 Å². The summed E-state index contributed by atoms with van der Waals surface area (Å²) in [6.07, 6.45) is 2.77. The number of pyridine rings is 2. The van der Waals surface area contributed by atoms with E-state index in [9.17, 15) is 23.2 Å². The second kappa shape index (κ2) is 10.5. The molecule has 194 valence electrons. The van der Waals surface area contributed by atoms with Gasteiger partial charge in [0.05, 0.1) is 23.3 Å². The molecule has 0 bridgehead atoms. The minimum atomic E-state index is -1.02. The van der Waals surface area contributed by atoms with Gasteiger partial charge in [-0.3, -0.25) is 19.3 Å². The molecule has 3 aromatic rings. The lowest BCUT2D eigenvalue weighted by atomic mass is 9.96. The Kier molecular flexibility index (Phi) is 7.35. The zero-order chi connectivity index (χ0) is 26.7. The highest BCUT2D eigenvalue weighted by molar-refractivity contribution is 5.95. The summed E-state index contributed by atoms with van der Waals surface area (Å²) in [4.78, 5) is 47.7. The maximum atomic E-state index is 13.4. The van der Waals surface area contributed by atoms with E-state index in [1.807, 2.05) is 18.7 Å². The fourth-order valence-electron chi connectivity index (χ4n) is 4.19. The van der Waals surface area contributed by atoms with E-state index in [2.05, 4.69) is 15.3 Å². The van der Waals surface area contributed by atoms with Crippen LogP contribution >= 0.6 is 0 Å². The molecular formula is C26H27F2N5O4. The molecule has 2 aromatic heterocycles. The van der Waals surface area contributed by atoms with Gasteiger partial charge in [-0.1, -0.05) is 0 Å². The zero-order valence-corrected chi connectivity index (χ0v) is 20.6. The van der Waals surface area contributed by atoms with Crippen molar-refractivity contribution < 1.29 is 23.1 Å². The molecule has 2 amide bonds. The summed E-state index contributed by atoms with van der Waals surface area (Å²) in [7, 11) is 0. The van der Waals surface area contributed by atoms with Crippen molar-refractivity contribution in [1.29, 1.82) is 0 Å². The average molecular weight is 512 g/mol. The van der Waals surface area contributed by atoms with Crippen LogP contribution in [-0.4, -0.2) is 62.8 Å². The number of nitrogens with one attached hydrogen (secondary N) is 2. The molecular weight excluding hydrogens is 484 g/mol. The highest BCUT2D eigenvalue weighted by Gasteiger charge is 2.39. The van der Waals surface area contributed by atoms with Crippen LogP contribution in [0.4, 0.5) is 14.6 Å². The van der Waals surface area contributed by atoms with E-state index in [4.69, 9.17) is 4.74 Å². The maximum absolute atomic E-state index is 13.4. The number of aromatic amines is 1. The average Bonchev–Trinajstić information content (AvgIpc) is 2.86. The molecule has 1 saturated heterocycles. The minimum Gasteiger partial charge on any atom is -0.456 e. The number of nitrogens with zero attached hydrogens (tertiary/aromatic N) is 3. The van der Waals surface area contributed by atoms with Gasteiger partial charge < -0.3 is 19.9 Å². The summed E-state index contributed by atoms with van der Waals surface area (Å²) in [5.74, 6) is -1.73. The lowest BCUT2D eigenvalue weighted by Crippen LogP contribution is -2.63. The number of amides is 2. The Labute approximate surface area is 212 Å². The molecule has 1 aromatic carbocycles. The van der Waals surface area contributed by atoms with E-state index in [-0.39, 0.29) is 23.1 Å². The normalized spacial score (nSPS) is 16.2. The molecule has 0 unspecified atom stereocenters. The van der Waals surface area contributed by atoms with Crippen LogP contribution < -0.4 is 15.6 Å². The van der Waals surface area contributed by atoms with Crippen molar-refractivity contribution in [1.82, 2.24) is 19.8 Å². The third-order valence-corrected chi connectivity index (χ3v) is 6.25. The van der Waals surface area contributed by atoms with Crippen molar-refractivity contribution in [2.75, 3.05) is 25.0 Å². The van der Waals surface area contributed by atoms with Crippen molar-refractivity contribution in [3.63, 3.8) is 0 Å². The number of anilines is 1. The zero-order valence-electron chi connectivity index (χ0n) is 20.6. The van der Waals surface area contributed by atoms with Gasteiger partial charge in [-0.15, -0.1) is 0 Å². The van der Waals surface area contributed by atoms with Gasteiger partial charge in [0.15, 0.2) is 11.6 Å². The molecule has 2 N–H and O–H groups in total. The van der Waals surface area contributed by atoms with Crippen molar-refractivity contribution in [3.05, 3.63) is 82.4 Å². The highest BCUT2D eigenvalue weighted by Crippen LogP contribution is 2.26. The third kappa shape index (κ3) is 6.00. The summed E-state index contributed by atoms with van der Waals surface area (Å²) in [5, 5.41) is 2.77. The van der Waals surface area contributed by atoms with Gasteiger partial charge in [-0.25, -0.2) is 13.8 Å². The highest BCUT2D eigenvalue weighted by atomic mass is 19.2. The second-order valence-corrected chi connectivity index (χ2v) is 9.40. The molecule has 0 radical (unpaired) electrons. The van der Waals surface area contributed by atoms with Crippen LogP contribution in [0.25, 0.3) is 0 Å². The quantitative estimate of drug-likeness (QED) is 0.525. The summed E-state index contributed by atoms with van der Waals surface area (Å²) in [5.41, 5.74) is -0.438. The standard InChI is InChI=1S/C26H27F2N5O4/c1-16(32-10-11-33(26(2,3)15-32)25(36)17-4-9-23(34)30-13-17)24(35)31-22-8-6-19(14-29-22)37-18-5-7-20(27)21(28)12-18/h4-9,12-14,16H,10-11,15H2,1-3H3,(H,30,34)(H,29,31,35)/t16-/m0/s1. The monoisotopic (exact) mass is 511 g/mol. The van der Waals surface area contributed by atoms with Gasteiger partial charge in [0.25, 0.3) is 5.91 Å². The largest absolute Gasteiger partial charge is 0.456 e. The predicted molar refractivity (Wildman–Crippen MR) is 133 cm³/mol. The number of aromatic nitrogens is 2. The van der Waals surface area contributed by atoms with Crippen LogP contribution in [0.5, 0.6) is 11.5 Å². The Balaban J connectivity index is 1.35. The number of hydrogen-bond donors (Lipinski definition) is 2. The van der Waals surface area contributed by atoms with E-state index in [0.29, 0.717) is 36.8 Å². The Morgan fingerprint density at radius 2 is 1.84 bits per heavy atom. The fourth-order valence-corrected chi connectivity index (χ4v) is 4.19. The summed E-state index contributed by atoms with van der Waals surface area (Å²) >= 11 is 0. The first-order valence-electron chi connectivity index (χ1n) is 11.7. The van der Waals surface area contributed by atoms with Gasteiger partial charge in [0, 0.05) is 38.0 Å². The van der Waals surface area contributed by atoms with Crippen LogP contribution in [0.3, 0.4) is 0 Å². The summed E-state index contributed by atoms with van der Waals surface area (Å²) < 4.78 is 31.9. The number of H-pyrrole nitrogens is 1. The molecule has 37 heavy (non-hydrogen) atoms. The first-order chi connectivity index (χ1) is 17.5. The first-order valence-corrected chi connectivity index (χ1v) is 11.7. The lowest BCUT2D eigenvalue weighted by molar-refractivity contribution is -0.122. The summed E-state index contributed by atoms with van der Waals surface area (Å²) in [6.45, 7) is 7.01. The molecule has 4 rings (SSSR count). The van der Waals surface area contributed by atoms with E-state index >= 15 is 0 Å². The van der Waals surface area contributed by atoms with Crippen LogP contribution in [-0.2, 0) is 4.79 Å². The number of carbonyl (C=O) groups is 2. The van der Waals surface area contributed by atoms with Crippen LogP contribution in [0.2, 0.25) is 0 Å². The Morgan fingerprint density at radius 1 is 1.08 bits per heavy atom. The van der Waals surface area contributed by atoms with Gasteiger partial charge in [-0.2, -0.15) is 0 Å². The minimum absolute atomic E-state index is 0.117. The summed E-state index contributed by atoms with van der Waals surface area (Å²) in [6, 6.07) is 8.62. The molecule has 0 saturated carbocycles. The van der Waals surface area contributed by atoms with Gasteiger partial charge in [0.2, 0.25) is 11.5 Å². The number of rotatable bonds is 6. The smallest absolute Gasteiger partial charge is 0.255 e. The van der Waals surface area contributed by atoms with Crippen LogP contribution in [0.1, 0.15) is 31.1 Å². The number of carbonyl (C=O) groups excluding carboxylic acids is 2. The van der Waals surface area contributed by atoms with Crippen LogP contribution in [0.15, 0.2) is 59.7 Å². The molecule has 1 aliphatic rings. The molecule has 3 heterocycles. The second-order valence-electron chi connectivity index (χ2n) is 9.40. The van der Waals surface area contributed by atoms with E-state index < -0.39 is 23.2 Å². The number of ether oxygens (including phenoxy) is 1. The Bertz CT molecular complexity index is 1340. The van der Waals surface area contributed by atoms with Crippen LogP contribution in [0, 0.1) is 11.6 Å². The SMILES string of the molecule is C[C@@H](C(=O)Nc1ccc(Oc2ccc(F)c(F)c2)cn1)N1CCN(C(=O)c2ccc(=O)[nH]c2)C(C)(C)C1. The lowest BCUT2D eigenvalue weighted by Gasteiger charge is -2.48. The van der Waals surface area contributed by atoms with Crippen molar-refractivity contribution >= 4 is 17.6 Å². The third-order valence-electron chi connectivity index (χ3n) is 6.25. The predicted octanol–water partition coefficient (Wildman–Crippen LogP) is 3.40. The van der Waals surface area contributed by atoms with E-state index in [1.165, 1.54) is 30.6 Å². The fraction of sp³-hybridized carbons (Fsp3) is 0.308.